The summed E-state index contributed by atoms with van der Waals surface area (Å²) in [5.74, 6) is -0.320. The number of rotatable bonds is 1. The van der Waals surface area contributed by atoms with E-state index in [9.17, 15) is 4.79 Å². The molecule has 5 heteroatoms. The second kappa shape index (κ2) is 2.92. The Kier molecular flexibility index (Phi) is 1.88. The Morgan fingerprint density at radius 3 is 3.08 bits per heavy atom. The molecule has 0 unspecified atom stereocenters. The number of aliphatic imine (C=N–C) groups is 2. The fourth-order valence-corrected chi connectivity index (χ4v) is 1.53. The van der Waals surface area contributed by atoms with E-state index in [-0.39, 0.29) is 6.54 Å². The van der Waals surface area contributed by atoms with E-state index in [0.717, 1.165) is 10.1 Å². The van der Waals surface area contributed by atoms with Crippen LogP contribution >= 0.6 is 15.9 Å². The van der Waals surface area contributed by atoms with Gasteiger partial charge in [0.1, 0.15) is 0 Å². The lowest BCUT2D eigenvalue weighted by Gasteiger charge is -2.07. The molecular formula is C8H5BrN2O2. The molecule has 2 heterocycles. The van der Waals surface area contributed by atoms with Gasteiger partial charge >= 0.3 is 5.97 Å². The van der Waals surface area contributed by atoms with Crippen LogP contribution in [0.4, 0.5) is 0 Å². The molecule has 0 aliphatic carbocycles. The molecular weight excluding hydrogens is 236 g/mol. The Hall–Kier alpha value is -1.23. The van der Waals surface area contributed by atoms with Gasteiger partial charge in [-0.15, -0.1) is 0 Å². The van der Waals surface area contributed by atoms with Crippen molar-refractivity contribution in [1.29, 1.82) is 0 Å². The standard InChI is InChI=1S/C8H5BrN2O2/c9-6-3-11-7-5(6)1-4(2-10-7)8(12)13/h1,3H,2H2,(H,12,13). The SMILES string of the molecule is O=C(O)C1=CC2=C(Br)C=NC2=NC1. The van der Waals surface area contributed by atoms with E-state index < -0.39 is 5.97 Å². The summed E-state index contributed by atoms with van der Waals surface area (Å²) in [6.45, 7) is 0.200. The lowest BCUT2D eigenvalue weighted by atomic mass is 10.1. The van der Waals surface area contributed by atoms with Crippen LogP contribution in [-0.4, -0.2) is 29.7 Å². The molecule has 0 atom stereocenters. The second-order valence-corrected chi connectivity index (χ2v) is 3.49. The molecule has 0 aromatic heterocycles. The van der Waals surface area contributed by atoms with Crippen LogP contribution in [0.15, 0.2) is 31.7 Å². The van der Waals surface area contributed by atoms with Crippen molar-refractivity contribution >= 4 is 33.9 Å². The third-order valence-electron chi connectivity index (χ3n) is 1.79. The number of fused-ring (bicyclic) bond motifs is 1. The van der Waals surface area contributed by atoms with Crippen molar-refractivity contribution in [1.82, 2.24) is 0 Å². The molecule has 2 rings (SSSR count). The number of carbonyl (C=O) groups is 1. The molecule has 0 fully saturated rings. The molecule has 0 bridgehead atoms. The number of hydrogen-bond acceptors (Lipinski definition) is 3. The van der Waals surface area contributed by atoms with Crippen molar-refractivity contribution in [3.05, 3.63) is 21.7 Å². The van der Waals surface area contributed by atoms with Crippen LogP contribution < -0.4 is 0 Å². The van der Waals surface area contributed by atoms with E-state index >= 15 is 0 Å². The first-order chi connectivity index (χ1) is 6.18. The smallest absolute Gasteiger partial charge is 0.333 e. The average Bonchev–Trinajstić information content (AvgIpc) is 2.47. The minimum atomic E-state index is -0.928. The zero-order valence-electron chi connectivity index (χ0n) is 6.49. The Morgan fingerprint density at radius 2 is 2.38 bits per heavy atom. The van der Waals surface area contributed by atoms with Gasteiger partial charge in [-0.05, 0) is 22.0 Å². The number of aliphatic carboxylic acids is 1. The summed E-state index contributed by atoms with van der Waals surface area (Å²) in [7, 11) is 0. The highest BCUT2D eigenvalue weighted by atomic mass is 79.9. The Balaban J connectivity index is 2.42. The molecule has 0 saturated carbocycles. The summed E-state index contributed by atoms with van der Waals surface area (Å²) < 4.78 is 0.782. The van der Waals surface area contributed by atoms with Gasteiger partial charge < -0.3 is 5.11 Å². The molecule has 66 valence electrons. The van der Waals surface area contributed by atoms with E-state index in [1.807, 2.05) is 0 Å². The second-order valence-electron chi connectivity index (χ2n) is 2.63. The molecule has 0 spiro atoms. The van der Waals surface area contributed by atoms with Crippen LogP contribution in [0.25, 0.3) is 0 Å². The van der Waals surface area contributed by atoms with Crippen molar-refractivity contribution in [3.8, 4) is 0 Å². The topological polar surface area (TPSA) is 62.0 Å². The highest BCUT2D eigenvalue weighted by molar-refractivity contribution is 9.12. The maximum atomic E-state index is 10.6. The number of nitrogens with zero attached hydrogens (tertiary/aromatic N) is 2. The maximum absolute atomic E-state index is 10.6. The third kappa shape index (κ3) is 1.35. The fourth-order valence-electron chi connectivity index (χ4n) is 1.13. The van der Waals surface area contributed by atoms with Gasteiger partial charge in [-0.3, -0.25) is 4.99 Å². The average molecular weight is 241 g/mol. The van der Waals surface area contributed by atoms with Gasteiger partial charge in [0.15, 0.2) is 5.84 Å². The summed E-state index contributed by atoms with van der Waals surface area (Å²) >= 11 is 3.27. The van der Waals surface area contributed by atoms with Crippen molar-refractivity contribution < 1.29 is 9.90 Å². The molecule has 2 aliphatic rings. The Morgan fingerprint density at radius 1 is 1.62 bits per heavy atom. The van der Waals surface area contributed by atoms with Crippen LogP contribution in [0.3, 0.4) is 0 Å². The summed E-state index contributed by atoms with van der Waals surface area (Å²) in [5.41, 5.74) is 1.05. The van der Waals surface area contributed by atoms with Gasteiger partial charge in [-0.25, -0.2) is 9.79 Å². The molecule has 0 aromatic rings. The Labute approximate surface area is 82.5 Å². The molecule has 2 aliphatic heterocycles. The molecule has 0 radical (unpaired) electrons. The number of amidine groups is 1. The van der Waals surface area contributed by atoms with Gasteiger partial charge in [0.05, 0.1) is 12.1 Å². The summed E-state index contributed by atoms with van der Waals surface area (Å²) in [4.78, 5) is 18.7. The van der Waals surface area contributed by atoms with E-state index in [1.54, 1.807) is 12.3 Å². The molecule has 1 N–H and O–H groups in total. The van der Waals surface area contributed by atoms with Gasteiger partial charge in [-0.2, -0.15) is 0 Å². The van der Waals surface area contributed by atoms with Crippen LogP contribution in [-0.2, 0) is 4.79 Å². The minimum Gasteiger partial charge on any atom is -0.478 e. The number of carboxylic acid groups (broad SMARTS) is 1. The number of allylic oxidation sites excluding steroid dienone is 1. The van der Waals surface area contributed by atoms with Crippen LogP contribution in [0, 0.1) is 0 Å². The highest BCUT2D eigenvalue weighted by Crippen LogP contribution is 2.24. The van der Waals surface area contributed by atoms with Crippen molar-refractivity contribution in [3.63, 3.8) is 0 Å². The van der Waals surface area contributed by atoms with Crippen molar-refractivity contribution in [2.75, 3.05) is 6.54 Å². The van der Waals surface area contributed by atoms with E-state index in [4.69, 9.17) is 5.11 Å². The molecule has 0 aromatic carbocycles. The normalized spacial score (nSPS) is 19.8. The van der Waals surface area contributed by atoms with Crippen LogP contribution in [0.1, 0.15) is 0 Å². The summed E-state index contributed by atoms with van der Waals surface area (Å²) in [6, 6.07) is 0. The first kappa shape index (κ1) is 8.37. The van der Waals surface area contributed by atoms with Gasteiger partial charge in [0, 0.05) is 16.3 Å². The molecule has 0 saturated heterocycles. The molecule has 4 nitrogen and oxygen atoms in total. The Bertz CT molecular complexity index is 404. The first-order valence-corrected chi connectivity index (χ1v) is 4.40. The molecule has 0 amide bonds. The van der Waals surface area contributed by atoms with Crippen molar-refractivity contribution in [2.24, 2.45) is 9.98 Å². The number of halogens is 1. The lowest BCUT2D eigenvalue weighted by Crippen LogP contribution is -2.11. The minimum absolute atomic E-state index is 0.200. The zero-order chi connectivity index (χ0) is 9.42. The van der Waals surface area contributed by atoms with Crippen molar-refractivity contribution in [2.45, 2.75) is 0 Å². The number of carboxylic acids is 1. The predicted molar refractivity (Wildman–Crippen MR) is 52.5 cm³/mol. The third-order valence-corrected chi connectivity index (χ3v) is 2.42. The zero-order valence-corrected chi connectivity index (χ0v) is 8.08. The predicted octanol–water partition coefficient (Wildman–Crippen LogP) is 1.14. The van der Waals surface area contributed by atoms with Crippen LogP contribution in [0.5, 0.6) is 0 Å². The van der Waals surface area contributed by atoms with Gasteiger partial charge in [-0.1, -0.05) is 0 Å². The maximum Gasteiger partial charge on any atom is 0.333 e. The lowest BCUT2D eigenvalue weighted by molar-refractivity contribution is -0.132. The van der Waals surface area contributed by atoms with Gasteiger partial charge in [0.25, 0.3) is 0 Å². The monoisotopic (exact) mass is 240 g/mol. The van der Waals surface area contributed by atoms with E-state index in [1.165, 1.54) is 0 Å². The summed E-state index contributed by atoms with van der Waals surface area (Å²) in [6.07, 6.45) is 3.22. The van der Waals surface area contributed by atoms with E-state index in [0.29, 0.717) is 11.4 Å². The van der Waals surface area contributed by atoms with Gasteiger partial charge in [0.2, 0.25) is 0 Å². The molecule has 13 heavy (non-hydrogen) atoms. The van der Waals surface area contributed by atoms with Crippen LogP contribution in [0.2, 0.25) is 0 Å². The largest absolute Gasteiger partial charge is 0.478 e. The highest BCUT2D eigenvalue weighted by Gasteiger charge is 2.20. The number of dihydropyridines is 1. The fraction of sp³-hybridized carbons (Fsp3) is 0.125. The van der Waals surface area contributed by atoms with E-state index in [2.05, 4.69) is 25.9 Å². The number of hydrogen-bond donors (Lipinski definition) is 1. The quantitative estimate of drug-likeness (QED) is 0.748. The first-order valence-electron chi connectivity index (χ1n) is 3.61. The summed E-state index contributed by atoms with van der Waals surface area (Å²) in [5, 5.41) is 8.73.